The lowest BCUT2D eigenvalue weighted by Gasteiger charge is -2.23. The number of benzene rings is 1. The molecular formula is C26H24ClN7O3S. The smallest absolute Gasteiger partial charge is 0.345 e. The highest BCUT2D eigenvalue weighted by Gasteiger charge is 2.35. The summed E-state index contributed by atoms with van der Waals surface area (Å²) in [6.07, 6.45) is 6.89. The van der Waals surface area contributed by atoms with Crippen molar-refractivity contribution in [3.05, 3.63) is 81.3 Å². The maximum Gasteiger partial charge on any atom is 0.345 e. The van der Waals surface area contributed by atoms with Gasteiger partial charge in [0, 0.05) is 33.8 Å². The normalized spacial score (nSPS) is 16.9. The SMILES string of the molecule is CCc1ccc(-n2cnnn2)c(/C(C)=C/C(=O)N2/C(=C/Cl)CCC2c2ncc(-c3csc(C(=O)O)c3)[nH]2)c1. The van der Waals surface area contributed by atoms with Gasteiger partial charge in [-0.3, -0.25) is 4.79 Å². The Bertz CT molecular complexity index is 1550. The van der Waals surface area contributed by atoms with Gasteiger partial charge in [0.05, 0.1) is 23.6 Å². The van der Waals surface area contributed by atoms with Crippen molar-refractivity contribution in [1.29, 1.82) is 0 Å². The summed E-state index contributed by atoms with van der Waals surface area (Å²) in [7, 11) is 0. The molecule has 1 amide bonds. The average Bonchev–Trinajstić information content (AvgIpc) is 3.73. The van der Waals surface area contributed by atoms with Crippen LogP contribution in [0.15, 0.2) is 59.5 Å². The van der Waals surface area contributed by atoms with E-state index in [-0.39, 0.29) is 16.8 Å². The number of carboxylic acid groups (broad SMARTS) is 1. The Hall–Kier alpha value is -4.09. The first kappa shape index (κ1) is 25.6. The Kier molecular flexibility index (Phi) is 7.21. The fraction of sp³-hybridized carbons (Fsp3) is 0.231. The van der Waals surface area contributed by atoms with Crippen LogP contribution in [0.5, 0.6) is 0 Å². The summed E-state index contributed by atoms with van der Waals surface area (Å²) >= 11 is 7.28. The summed E-state index contributed by atoms with van der Waals surface area (Å²) < 4.78 is 1.57. The van der Waals surface area contributed by atoms with E-state index >= 15 is 0 Å². The number of nitrogens with zero attached hydrogens (tertiary/aromatic N) is 6. The van der Waals surface area contributed by atoms with Crippen molar-refractivity contribution < 1.29 is 14.7 Å². The first-order valence-corrected chi connectivity index (χ1v) is 13.3. The number of imidazole rings is 1. The maximum atomic E-state index is 13.7. The van der Waals surface area contributed by atoms with Crippen LogP contribution in [0, 0.1) is 0 Å². The van der Waals surface area contributed by atoms with Gasteiger partial charge in [-0.25, -0.2) is 9.78 Å². The summed E-state index contributed by atoms with van der Waals surface area (Å²) in [5.74, 6) is -0.582. The van der Waals surface area contributed by atoms with Crippen LogP contribution in [0.1, 0.15) is 59.4 Å². The minimum Gasteiger partial charge on any atom is -0.477 e. The van der Waals surface area contributed by atoms with E-state index < -0.39 is 5.97 Å². The zero-order valence-electron chi connectivity index (χ0n) is 20.6. The number of thiophene rings is 1. The number of carbonyl (C=O) groups is 2. The molecule has 194 valence electrons. The number of amides is 1. The molecule has 38 heavy (non-hydrogen) atoms. The molecule has 3 aromatic heterocycles. The summed E-state index contributed by atoms with van der Waals surface area (Å²) in [6, 6.07) is 7.26. The average molecular weight is 550 g/mol. The van der Waals surface area contributed by atoms with E-state index in [4.69, 9.17) is 11.6 Å². The first-order chi connectivity index (χ1) is 18.4. The molecule has 2 N–H and O–H groups in total. The third kappa shape index (κ3) is 4.90. The number of tetrazole rings is 1. The van der Waals surface area contributed by atoms with Crippen molar-refractivity contribution >= 4 is 40.4 Å². The van der Waals surface area contributed by atoms with Gasteiger partial charge in [-0.1, -0.05) is 24.6 Å². The van der Waals surface area contributed by atoms with Crippen LogP contribution in [0.2, 0.25) is 0 Å². The molecule has 1 fully saturated rings. The van der Waals surface area contributed by atoms with E-state index in [0.717, 1.165) is 45.7 Å². The van der Waals surface area contributed by atoms with E-state index in [0.29, 0.717) is 30.1 Å². The monoisotopic (exact) mass is 549 g/mol. The van der Waals surface area contributed by atoms with Crippen LogP contribution in [0.3, 0.4) is 0 Å². The fourth-order valence-electron chi connectivity index (χ4n) is 4.56. The minimum absolute atomic E-state index is 0.219. The third-order valence-corrected chi connectivity index (χ3v) is 7.69. The van der Waals surface area contributed by atoms with Gasteiger partial charge in [-0.2, -0.15) is 4.68 Å². The van der Waals surface area contributed by atoms with E-state index in [2.05, 4.69) is 32.4 Å². The maximum absolute atomic E-state index is 13.7. The van der Waals surface area contributed by atoms with Crippen LogP contribution in [0.4, 0.5) is 0 Å². The molecule has 10 nitrogen and oxygen atoms in total. The van der Waals surface area contributed by atoms with Crippen molar-refractivity contribution in [1.82, 2.24) is 35.1 Å². The Morgan fingerprint density at radius 2 is 2.16 bits per heavy atom. The number of nitrogens with one attached hydrogen (secondary N) is 1. The lowest BCUT2D eigenvalue weighted by atomic mass is 10.00. The van der Waals surface area contributed by atoms with Crippen LogP contribution >= 0.6 is 22.9 Å². The lowest BCUT2D eigenvalue weighted by Crippen LogP contribution is -2.28. The van der Waals surface area contributed by atoms with Gasteiger partial charge in [0.1, 0.15) is 17.0 Å². The van der Waals surface area contributed by atoms with E-state index in [1.54, 1.807) is 33.3 Å². The zero-order chi connectivity index (χ0) is 26.8. The van der Waals surface area contributed by atoms with Crippen molar-refractivity contribution in [2.45, 2.75) is 39.2 Å². The lowest BCUT2D eigenvalue weighted by molar-refractivity contribution is -0.125. The van der Waals surface area contributed by atoms with Crippen LogP contribution in [-0.4, -0.2) is 52.1 Å². The van der Waals surface area contributed by atoms with Crippen molar-refractivity contribution in [3.63, 3.8) is 0 Å². The molecule has 5 rings (SSSR count). The minimum atomic E-state index is -0.972. The number of likely N-dealkylation sites (tertiary alicyclic amines) is 1. The Morgan fingerprint density at radius 1 is 1.32 bits per heavy atom. The van der Waals surface area contributed by atoms with Gasteiger partial charge in [-0.05, 0) is 65.9 Å². The number of carbonyl (C=O) groups excluding carboxylic acids is 1. The summed E-state index contributed by atoms with van der Waals surface area (Å²) in [6.45, 7) is 3.96. The van der Waals surface area contributed by atoms with Crippen molar-refractivity contribution in [2.24, 2.45) is 0 Å². The molecule has 1 aliphatic rings. The second-order valence-electron chi connectivity index (χ2n) is 8.84. The fourth-order valence-corrected chi connectivity index (χ4v) is 5.52. The number of rotatable bonds is 7. The molecule has 12 heteroatoms. The van der Waals surface area contributed by atoms with Crippen LogP contribution in [-0.2, 0) is 11.2 Å². The molecule has 1 saturated heterocycles. The number of aromatic carboxylic acids is 1. The van der Waals surface area contributed by atoms with Gasteiger partial charge >= 0.3 is 5.97 Å². The van der Waals surface area contributed by atoms with E-state index in [9.17, 15) is 14.7 Å². The number of hydrogen-bond donors (Lipinski definition) is 2. The number of H-pyrrole nitrogens is 1. The molecular weight excluding hydrogens is 526 g/mol. The topological polar surface area (TPSA) is 130 Å². The Labute approximate surface area is 227 Å². The van der Waals surface area contributed by atoms with E-state index in [1.165, 1.54) is 11.9 Å². The van der Waals surface area contributed by atoms with Gasteiger partial charge < -0.3 is 15.0 Å². The zero-order valence-corrected chi connectivity index (χ0v) is 22.2. The third-order valence-electron chi connectivity index (χ3n) is 6.52. The first-order valence-electron chi connectivity index (χ1n) is 11.9. The Balaban J connectivity index is 1.46. The number of carboxylic acids is 1. The molecule has 0 bridgehead atoms. The molecule has 1 aromatic carbocycles. The van der Waals surface area contributed by atoms with Crippen LogP contribution in [0.25, 0.3) is 22.5 Å². The summed E-state index contributed by atoms with van der Waals surface area (Å²) in [5.41, 5.74) is 7.07. The highest BCUT2D eigenvalue weighted by molar-refractivity contribution is 7.12. The summed E-state index contributed by atoms with van der Waals surface area (Å²) in [5, 5.41) is 22.5. The molecule has 0 spiro atoms. The number of halogens is 1. The Morgan fingerprint density at radius 3 is 2.84 bits per heavy atom. The molecule has 0 saturated carbocycles. The number of aromatic nitrogens is 6. The van der Waals surface area contributed by atoms with Gasteiger partial charge in [0.2, 0.25) is 0 Å². The number of aryl methyl sites for hydroxylation is 1. The second kappa shape index (κ2) is 10.7. The predicted molar refractivity (Wildman–Crippen MR) is 144 cm³/mol. The van der Waals surface area contributed by atoms with E-state index in [1.807, 2.05) is 25.1 Å². The van der Waals surface area contributed by atoms with Crippen molar-refractivity contribution in [3.8, 4) is 16.9 Å². The molecule has 1 unspecified atom stereocenters. The van der Waals surface area contributed by atoms with Crippen LogP contribution < -0.4 is 0 Å². The van der Waals surface area contributed by atoms with Gasteiger partial charge in [0.25, 0.3) is 5.91 Å². The molecule has 1 atom stereocenters. The standard InChI is InChI=1S/C26H24ClN7O3S/c1-3-16-4-6-21(33-14-29-31-32-33)19(9-16)15(2)8-24(35)34-18(11-27)5-7-22(34)25-28-12-20(30-25)17-10-23(26(36)37)38-13-17/h4,6,8-14,22H,3,5,7H2,1-2H3,(H,28,30)(H,36,37)/b15-8+,18-11+. The molecule has 4 heterocycles. The molecule has 0 radical (unpaired) electrons. The quantitative estimate of drug-likeness (QED) is 0.302. The molecule has 4 aromatic rings. The number of allylic oxidation sites excluding steroid dienone is 2. The molecule has 1 aliphatic heterocycles. The summed E-state index contributed by atoms with van der Waals surface area (Å²) in [4.78, 5) is 34.7. The van der Waals surface area contributed by atoms with Gasteiger partial charge in [-0.15, -0.1) is 16.4 Å². The van der Waals surface area contributed by atoms with Crippen molar-refractivity contribution in [2.75, 3.05) is 0 Å². The highest BCUT2D eigenvalue weighted by atomic mass is 35.5. The number of aromatic amines is 1. The largest absolute Gasteiger partial charge is 0.477 e. The second-order valence-corrected chi connectivity index (χ2v) is 9.97. The van der Waals surface area contributed by atoms with Gasteiger partial charge in [0.15, 0.2) is 0 Å². The predicted octanol–water partition coefficient (Wildman–Crippen LogP) is 5.22. The number of hydrogen-bond acceptors (Lipinski definition) is 7. The molecule has 0 aliphatic carbocycles. The highest BCUT2D eigenvalue weighted by Crippen LogP contribution is 2.39.